The molecule has 2 aromatic heterocycles. The Labute approximate surface area is 92.7 Å². The van der Waals surface area contributed by atoms with Crippen molar-refractivity contribution in [3.63, 3.8) is 0 Å². The fourth-order valence-corrected chi connectivity index (χ4v) is 2.74. The summed E-state index contributed by atoms with van der Waals surface area (Å²) in [6.45, 7) is 4.11. The molecule has 0 aliphatic carbocycles. The van der Waals surface area contributed by atoms with Crippen LogP contribution in [-0.4, -0.2) is 16.3 Å². The third kappa shape index (κ3) is 1.28. The first-order chi connectivity index (χ1) is 7.40. The predicted octanol–water partition coefficient (Wildman–Crippen LogP) is 2.60. The molecule has 1 aliphatic rings. The molecule has 3 heterocycles. The van der Waals surface area contributed by atoms with Gasteiger partial charge < -0.3 is 5.32 Å². The fourth-order valence-electron chi connectivity index (χ4n) is 2.10. The van der Waals surface area contributed by atoms with Crippen LogP contribution in [0, 0.1) is 0 Å². The second kappa shape index (κ2) is 3.38. The van der Waals surface area contributed by atoms with Crippen molar-refractivity contribution in [3.8, 4) is 11.3 Å². The lowest BCUT2D eigenvalue weighted by Crippen LogP contribution is -2.04. The highest BCUT2D eigenvalue weighted by Gasteiger charge is 2.22. The Bertz CT molecular complexity index is 470. The van der Waals surface area contributed by atoms with E-state index in [1.54, 1.807) is 11.3 Å². The minimum Gasteiger partial charge on any atom is -0.370 e. The SMILES string of the molecule is CCn1nc(-c2ccsc2)c2c1NCC2. The summed E-state index contributed by atoms with van der Waals surface area (Å²) in [6.07, 6.45) is 1.10. The summed E-state index contributed by atoms with van der Waals surface area (Å²) in [7, 11) is 0. The lowest BCUT2D eigenvalue weighted by Gasteiger charge is -2.00. The molecule has 0 spiro atoms. The Morgan fingerprint density at radius 2 is 2.53 bits per heavy atom. The van der Waals surface area contributed by atoms with Crippen LogP contribution in [0.15, 0.2) is 16.8 Å². The fraction of sp³-hybridized carbons (Fsp3) is 0.364. The molecule has 4 heteroatoms. The van der Waals surface area contributed by atoms with Crippen molar-refractivity contribution in [2.45, 2.75) is 19.9 Å². The Balaban J connectivity index is 2.17. The summed E-state index contributed by atoms with van der Waals surface area (Å²) >= 11 is 1.73. The first-order valence-electron chi connectivity index (χ1n) is 5.26. The van der Waals surface area contributed by atoms with Gasteiger partial charge in [-0.05, 0) is 24.8 Å². The molecular formula is C11H13N3S. The number of thiophene rings is 1. The van der Waals surface area contributed by atoms with Crippen molar-refractivity contribution in [2.75, 3.05) is 11.9 Å². The van der Waals surface area contributed by atoms with Gasteiger partial charge in [-0.15, -0.1) is 0 Å². The van der Waals surface area contributed by atoms with E-state index in [1.807, 2.05) is 0 Å². The molecule has 0 fully saturated rings. The molecule has 0 unspecified atom stereocenters. The van der Waals surface area contributed by atoms with Crippen LogP contribution < -0.4 is 5.32 Å². The second-order valence-corrected chi connectivity index (χ2v) is 4.46. The summed E-state index contributed by atoms with van der Waals surface area (Å²) in [5, 5.41) is 12.3. The average molecular weight is 219 g/mol. The minimum absolute atomic E-state index is 0.930. The van der Waals surface area contributed by atoms with Gasteiger partial charge in [0.05, 0.1) is 5.69 Å². The first-order valence-corrected chi connectivity index (χ1v) is 6.20. The van der Waals surface area contributed by atoms with Crippen LogP contribution in [0.3, 0.4) is 0 Å². The highest BCUT2D eigenvalue weighted by Crippen LogP contribution is 2.33. The lowest BCUT2D eigenvalue weighted by molar-refractivity contribution is 0.669. The molecule has 0 aromatic carbocycles. The maximum absolute atomic E-state index is 4.65. The van der Waals surface area contributed by atoms with Crippen LogP contribution in [0.25, 0.3) is 11.3 Å². The zero-order valence-corrected chi connectivity index (χ0v) is 9.47. The van der Waals surface area contributed by atoms with Gasteiger partial charge in [0.25, 0.3) is 0 Å². The highest BCUT2D eigenvalue weighted by atomic mass is 32.1. The summed E-state index contributed by atoms with van der Waals surface area (Å²) in [6, 6.07) is 2.14. The molecule has 0 atom stereocenters. The van der Waals surface area contributed by atoms with Crippen molar-refractivity contribution in [1.29, 1.82) is 0 Å². The molecule has 78 valence electrons. The number of rotatable bonds is 2. The predicted molar refractivity (Wildman–Crippen MR) is 63.4 cm³/mol. The van der Waals surface area contributed by atoms with Gasteiger partial charge in [-0.2, -0.15) is 16.4 Å². The smallest absolute Gasteiger partial charge is 0.128 e. The van der Waals surface area contributed by atoms with Crippen LogP contribution in [0.4, 0.5) is 5.82 Å². The number of nitrogens with one attached hydrogen (secondary N) is 1. The number of hydrogen-bond donors (Lipinski definition) is 1. The van der Waals surface area contributed by atoms with E-state index in [9.17, 15) is 0 Å². The summed E-state index contributed by atoms with van der Waals surface area (Å²) in [5.74, 6) is 1.22. The van der Waals surface area contributed by atoms with Crippen molar-refractivity contribution in [2.24, 2.45) is 0 Å². The maximum atomic E-state index is 4.65. The van der Waals surface area contributed by atoms with Crippen molar-refractivity contribution < 1.29 is 0 Å². The monoisotopic (exact) mass is 219 g/mol. The molecule has 3 nitrogen and oxygen atoms in total. The number of anilines is 1. The molecular weight excluding hydrogens is 206 g/mol. The number of hydrogen-bond acceptors (Lipinski definition) is 3. The van der Waals surface area contributed by atoms with E-state index in [0.717, 1.165) is 25.2 Å². The van der Waals surface area contributed by atoms with Crippen LogP contribution in [0.2, 0.25) is 0 Å². The van der Waals surface area contributed by atoms with Crippen LogP contribution >= 0.6 is 11.3 Å². The third-order valence-electron chi connectivity index (χ3n) is 2.81. The standard InChI is InChI=1S/C11H13N3S/c1-2-14-11-9(3-5-12-11)10(13-14)8-4-6-15-7-8/h4,6-7,12H,2-3,5H2,1H3. The van der Waals surface area contributed by atoms with Gasteiger partial charge >= 0.3 is 0 Å². The number of nitrogens with zero attached hydrogens (tertiary/aromatic N) is 2. The van der Waals surface area contributed by atoms with Gasteiger partial charge in [-0.25, -0.2) is 4.68 Å². The molecule has 0 saturated carbocycles. The molecule has 1 aliphatic heterocycles. The van der Waals surface area contributed by atoms with E-state index >= 15 is 0 Å². The number of aryl methyl sites for hydroxylation is 1. The molecule has 15 heavy (non-hydrogen) atoms. The molecule has 1 N–H and O–H groups in total. The molecule has 2 aromatic rings. The molecule has 0 amide bonds. The molecule has 0 bridgehead atoms. The molecule has 3 rings (SSSR count). The van der Waals surface area contributed by atoms with Gasteiger partial charge in [-0.3, -0.25) is 0 Å². The molecule has 0 radical (unpaired) electrons. The quantitative estimate of drug-likeness (QED) is 0.841. The lowest BCUT2D eigenvalue weighted by atomic mass is 10.1. The largest absolute Gasteiger partial charge is 0.370 e. The van der Waals surface area contributed by atoms with Gasteiger partial charge in [0.15, 0.2) is 0 Å². The zero-order valence-electron chi connectivity index (χ0n) is 8.66. The molecule has 0 saturated heterocycles. The zero-order chi connectivity index (χ0) is 10.3. The van der Waals surface area contributed by atoms with E-state index in [4.69, 9.17) is 0 Å². The second-order valence-electron chi connectivity index (χ2n) is 3.68. The average Bonchev–Trinajstić information content (AvgIpc) is 2.94. The van der Waals surface area contributed by atoms with Crippen molar-refractivity contribution >= 4 is 17.2 Å². The van der Waals surface area contributed by atoms with Gasteiger partial charge in [0.2, 0.25) is 0 Å². The summed E-state index contributed by atoms with van der Waals surface area (Å²) < 4.78 is 2.06. The first kappa shape index (κ1) is 8.97. The van der Waals surface area contributed by atoms with Gasteiger partial charge in [-0.1, -0.05) is 0 Å². The van der Waals surface area contributed by atoms with Crippen molar-refractivity contribution in [1.82, 2.24) is 9.78 Å². The number of fused-ring (bicyclic) bond motifs is 1. The van der Waals surface area contributed by atoms with Crippen molar-refractivity contribution in [3.05, 3.63) is 22.4 Å². The van der Waals surface area contributed by atoms with E-state index in [2.05, 4.69) is 38.8 Å². The summed E-state index contributed by atoms with van der Waals surface area (Å²) in [4.78, 5) is 0. The van der Waals surface area contributed by atoms with Crippen LogP contribution in [0.5, 0.6) is 0 Å². The Morgan fingerprint density at radius 3 is 3.27 bits per heavy atom. The number of aromatic nitrogens is 2. The third-order valence-corrected chi connectivity index (χ3v) is 3.50. The normalized spacial score (nSPS) is 13.9. The van der Waals surface area contributed by atoms with E-state index in [-0.39, 0.29) is 0 Å². The highest BCUT2D eigenvalue weighted by molar-refractivity contribution is 7.08. The topological polar surface area (TPSA) is 29.9 Å². The van der Waals surface area contributed by atoms with E-state index in [0.29, 0.717) is 0 Å². The Morgan fingerprint density at radius 1 is 1.60 bits per heavy atom. The van der Waals surface area contributed by atoms with Crippen LogP contribution in [-0.2, 0) is 13.0 Å². The van der Waals surface area contributed by atoms with E-state index < -0.39 is 0 Å². The van der Waals surface area contributed by atoms with Crippen LogP contribution in [0.1, 0.15) is 12.5 Å². The van der Waals surface area contributed by atoms with Gasteiger partial charge in [0.1, 0.15) is 5.82 Å². The Kier molecular flexibility index (Phi) is 2.02. The summed E-state index contributed by atoms with van der Waals surface area (Å²) in [5.41, 5.74) is 3.81. The van der Waals surface area contributed by atoms with E-state index in [1.165, 1.54) is 16.9 Å². The van der Waals surface area contributed by atoms with Gasteiger partial charge in [0, 0.05) is 29.6 Å². The maximum Gasteiger partial charge on any atom is 0.128 e. The minimum atomic E-state index is 0.930. The Hall–Kier alpha value is -1.29.